The van der Waals surface area contributed by atoms with E-state index in [1.807, 2.05) is 6.92 Å². The van der Waals surface area contributed by atoms with Crippen LogP contribution in [-0.2, 0) is 4.79 Å². The molecule has 1 aliphatic carbocycles. The maximum absolute atomic E-state index is 10.6. The highest BCUT2D eigenvalue weighted by Gasteiger charge is 2.28. The van der Waals surface area contributed by atoms with Crippen LogP contribution in [0.25, 0.3) is 0 Å². The van der Waals surface area contributed by atoms with Crippen LogP contribution >= 0.6 is 11.5 Å². The standard InChI is InChI=1S/C10H15N3O2S/c1-2-7(5-8(14)15)11-10-12-9(13-16-10)6-3-4-6/h6-7H,2-5H2,1H3,(H,14,15)(H,11,12,13). The molecule has 1 atom stereocenters. The van der Waals surface area contributed by atoms with Crippen LogP contribution < -0.4 is 5.32 Å². The molecule has 1 aromatic heterocycles. The molecule has 1 unspecified atom stereocenters. The van der Waals surface area contributed by atoms with Gasteiger partial charge in [0.05, 0.1) is 6.42 Å². The summed E-state index contributed by atoms with van der Waals surface area (Å²) in [5, 5.41) is 12.6. The van der Waals surface area contributed by atoms with E-state index in [2.05, 4.69) is 14.7 Å². The minimum absolute atomic E-state index is 0.0579. The van der Waals surface area contributed by atoms with Gasteiger partial charge in [-0.2, -0.15) is 4.37 Å². The van der Waals surface area contributed by atoms with E-state index in [0.717, 1.165) is 17.4 Å². The van der Waals surface area contributed by atoms with Crippen molar-refractivity contribution in [3.05, 3.63) is 5.82 Å². The van der Waals surface area contributed by atoms with Crippen LogP contribution in [0, 0.1) is 0 Å². The van der Waals surface area contributed by atoms with Gasteiger partial charge in [0.1, 0.15) is 5.82 Å². The Morgan fingerprint density at radius 2 is 2.44 bits per heavy atom. The van der Waals surface area contributed by atoms with Gasteiger partial charge in [-0.05, 0) is 19.3 Å². The molecule has 1 aliphatic rings. The Bertz CT molecular complexity index is 376. The van der Waals surface area contributed by atoms with Gasteiger partial charge in [0.15, 0.2) is 0 Å². The predicted octanol–water partition coefficient (Wildman–Crippen LogP) is 2.08. The van der Waals surface area contributed by atoms with Crippen LogP contribution in [0.15, 0.2) is 0 Å². The van der Waals surface area contributed by atoms with Gasteiger partial charge in [0, 0.05) is 23.5 Å². The normalized spacial score (nSPS) is 17.1. The number of anilines is 1. The van der Waals surface area contributed by atoms with Gasteiger partial charge in [-0.1, -0.05) is 6.92 Å². The van der Waals surface area contributed by atoms with Gasteiger partial charge in [-0.3, -0.25) is 4.79 Å². The highest BCUT2D eigenvalue weighted by atomic mass is 32.1. The third-order valence-corrected chi connectivity index (χ3v) is 3.29. The second-order valence-corrected chi connectivity index (χ2v) is 4.83. The summed E-state index contributed by atoms with van der Waals surface area (Å²) in [4.78, 5) is 15.0. The number of carbonyl (C=O) groups is 1. The maximum atomic E-state index is 10.6. The molecule has 1 saturated carbocycles. The number of carboxylic acids is 1. The van der Waals surface area contributed by atoms with Gasteiger partial charge in [0.25, 0.3) is 0 Å². The fourth-order valence-corrected chi connectivity index (χ4v) is 2.21. The molecule has 2 N–H and O–H groups in total. The van der Waals surface area contributed by atoms with Gasteiger partial charge in [0.2, 0.25) is 5.13 Å². The Hall–Kier alpha value is -1.17. The quantitative estimate of drug-likeness (QED) is 0.797. The molecule has 0 aromatic carbocycles. The third kappa shape index (κ3) is 2.91. The molecule has 0 bridgehead atoms. The van der Waals surface area contributed by atoms with E-state index in [1.54, 1.807) is 0 Å². The summed E-state index contributed by atoms with van der Waals surface area (Å²) < 4.78 is 4.27. The number of carboxylic acid groups (broad SMARTS) is 1. The molecule has 0 spiro atoms. The van der Waals surface area contributed by atoms with Crippen LogP contribution in [0.2, 0.25) is 0 Å². The number of nitrogens with one attached hydrogen (secondary N) is 1. The summed E-state index contributed by atoms with van der Waals surface area (Å²) in [7, 11) is 0. The molecular weight excluding hydrogens is 226 g/mol. The van der Waals surface area contributed by atoms with Crippen LogP contribution in [0.4, 0.5) is 5.13 Å². The lowest BCUT2D eigenvalue weighted by molar-refractivity contribution is -0.137. The summed E-state index contributed by atoms with van der Waals surface area (Å²) in [6, 6.07) is -0.0579. The highest BCUT2D eigenvalue weighted by Crippen LogP contribution is 2.39. The average molecular weight is 241 g/mol. The van der Waals surface area contributed by atoms with E-state index < -0.39 is 5.97 Å². The number of hydrogen-bond donors (Lipinski definition) is 2. The predicted molar refractivity (Wildman–Crippen MR) is 61.8 cm³/mol. The molecule has 2 rings (SSSR count). The van der Waals surface area contributed by atoms with Crippen molar-refractivity contribution < 1.29 is 9.90 Å². The number of hydrogen-bond acceptors (Lipinski definition) is 5. The second kappa shape index (κ2) is 4.78. The van der Waals surface area contributed by atoms with Crippen LogP contribution in [0.3, 0.4) is 0 Å². The molecule has 6 heteroatoms. The van der Waals surface area contributed by atoms with Gasteiger partial charge >= 0.3 is 5.97 Å². The fraction of sp³-hybridized carbons (Fsp3) is 0.700. The van der Waals surface area contributed by atoms with Gasteiger partial charge < -0.3 is 10.4 Å². The summed E-state index contributed by atoms with van der Waals surface area (Å²) in [5.41, 5.74) is 0. The van der Waals surface area contributed by atoms with Crippen molar-refractivity contribution in [2.24, 2.45) is 0 Å². The molecule has 1 heterocycles. The number of aliphatic carboxylic acids is 1. The van der Waals surface area contributed by atoms with Crippen molar-refractivity contribution in [1.82, 2.24) is 9.36 Å². The molecule has 0 radical (unpaired) electrons. The van der Waals surface area contributed by atoms with Crippen molar-refractivity contribution >= 4 is 22.6 Å². The van der Waals surface area contributed by atoms with E-state index in [0.29, 0.717) is 5.92 Å². The Morgan fingerprint density at radius 3 is 3.00 bits per heavy atom. The van der Waals surface area contributed by atoms with Crippen molar-refractivity contribution in [2.75, 3.05) is 5.32 Å². The Labute approximate surface area is 98.1 Å². The molecular formula is C10H15N3O2S. The van der Waals surface area contributed by atoms with E-state index in [9.17, 15) is 4.79 Å². The zero-order chi connectivity index (χ0) is 11.5. The van der Waals surface area contributed by atoms with Crippen LogP contribution in [0.1, 0.15) is 44.3 Å². The minimum atomic E-state index is -0.786. The summed E-state index contributed by atoms with van der Waals surface area (Å²) in [5.74, 6) is 0.676. The van der Waals surface area contributed by atoms with E-state index >= 15 is 0 Å². The first kappa shape index (κ1) is 11.3. The van der Waals surface area contributed by atoms with Crippen molar-refractivity contribution in [2.45, 2.75) is 44.6 Å². The first-order valence-corrected chi connectivity index (χ1v) is 6.28. The fourth-order valence-electron chi connectivity index (χ4n) is 1.48. The van der Waals surface area contributed by atoms with Crippen LogP contribution in [0.5, 0.6) is 0 Å². The molecule has 0 aliphatic heterocycles. The number of rotatable bonds is 6. The van der Waals surface area contributed by atoms with Gasteiger partial charge in [-0.25, -0.2) is 4.98 Å². The lowest BCUT2D eigenvalue weighted by Gasteiger charge is -2.12. The summed E-state index contributed by atoms with van der Waals surface area (Å²) >= 11 is 1.32. The lowest BCUT2D eigenvalue weighted by atomic mass is 10.1. The largest absolute Gasteiger partial charge is 0.481 e. The molecule has 0 saturated heterocycles. The smallest absolute Gasteiger partial charge is 0.305 e. The number of aromatic nitrogens is 2. The van der Waals surface area contributed by atoms with E-state index in [1.165, 1.54) is 24.4 Å². The monoisotopic (exact) mass is 241 g/mol. The minimum Gasteiger partial charge on any atom is -0.481 e. The molecule has 88 valence electrons. The SMILES string of the molecule is CCC(CC(=O)O)Nc1nc(C2CC2)ns1. The third-order valence-electron chi connectivity index (χ3n) is 2.63. The van der Waals surface area contributed by atoms with Crippen molar-refractivity contribution in [3.8, 4) is 0 Å². The average Bonchev–Trinajstić information content (AvgIpc) is 2.98. The zero-order valence-electron chi connectivity index (χ0n) is 9.14. The Kier molecular flexibility index (Phi) is 3.38. The van der Waals surface area contributed by atoms with E-state index in [-0.39, 0.29) is 12.5 Å². The molecule has 0 amide bonds. The summed E-state index contributed by atoms with van der Waals surface area (Å²) in [6.45, 7) is 1.96. The highest BCUT2D eigenvalue weighted by molar-refractivity contribution is 7.09. The molecule has 5 nitrogen and oxygen atoms in total. The lowest BCUT2D eigenvalue weighted by Crippen LogP contribution is -2.22. The Balaban J connectivity index is 1.92. The topological polar surface area (TPSA) is 75.1 Å². The second-order valence-electron chi connectivity index (χ2n) is 4.08. The maximum Gasteiger partial charge on any atom is 0.305 e. The molecule has 1 aromatic rings. The van der Waals surface area contributed by atoms with E-state index in [4.69, 9.17) is 5.11 Å². The molecule has 1 fully saturated rings. The van der Waals surface area contributed by atoms with Crippen LogP contribution in [-0.4, -0.2) is 26.5 Å². The number of nitrogens with zero attached hydrogens (tertiary/aromatic N) is 2. The summed E-state index contributed by atoms with van der Waals surface area (Å²) in [6.07, 6.45) is 3.25. The van der Waals surface area contributed by atoms with Gasteiger partial charge in [-0.15, -0.1) is 0 Å². The van der Waals surface area contributed by atoms with Crippen molar-refractivity contribution in [3.63, 3.8) is 0 Å². The Morgan fingerprint density at radius 1 is 1.69 bits per heavy atom. The zero-order valence-corrected chi connectivity index (χ0v) is 9.96. The van der Waals surface area contributed by atoms with Crippen molar-refractivity contribution in [1.29, 1.82) is 0 Å². The first-order valence-electron chi connectivity index (χ1n) is 5.51. The molecule has 16 heavy (non-hydrogen) atoms. The first-order chi connectivity index (χ1) is 7.69.